The van der Waals surface area contributed by atoms with Gasteiger partial charge in [-0.15, -0.1) is 11.3 Å². The van der Waals surface area contributed by atoms with Crippen LogP contribution < -0.4 is 0 Å². The van der Waals surface area contributed by atoms with Crippen LogP contribution in [0.5, 0.6) is 0 Å². The average Bonchev–Trinajstić information content (AvgIpc) is 2.75. The van der Waals surface area contributed by atoms with Gasteiger partial charge < -0.3 is 0 Å². The molecule has 0 atom stereocenters. The second-order valence-corrected chi connectivity index (χ2v) is 5.62. The fraction of sp³-hybridized carbons (Fsp3) is 0.750. The molecule has 1 heterocycles. The van der Waals surface area contributed by atoms with Crippen molar-refractivity contribution in [1.82, 2.24) is 4.98 Å². The van der Waals surface area contributed by atoms with Crippen molar-refractivity contribution in [2.24, 2.45) is 5.92 Å². The zero-order chi connectivity index (χ0) is 9.97. The zero-order valence-corrected chi connectivity index (χ0v) is 9.94. The molecule has 0 radical (unpaired) electrons. The molecule has 1 fully saturated rings. The van der Waals surface area contributed by atoms with E-state index in [-0.39, 0.29) is 0 Å². The molecule has 0 unspecified atom stereocenters. The Morgan fingerprint density at radius 2 is 2.14 bits per heavy atom. The zero-order valence-electron chi connectivity index (χ0n) is 9.12. The van der Waals surface area contributed by atoms with Gasteiger partial charge in [0.25, 0.3) is 0 Å². The van der Waals surface area contributed by atoms with E-state index in [1.807, 2.05) is 11.3 Å². The molecule has 0 spiro atoms. The minimum absolute atomic E-state index is 0.587. The third-order valence-electron chi connectivity index (χ3n) is 3.10. The lowest BCUT2D eigenvalue weighted by Gasteiger charge is -2.04. The van der Waals surface area contributed by atoms with Crippen molar-refractivity contribution in [3.63, 3.8) is 0 Å². The maximum atomic E-state index is 4.69. The quantitative estimate of drug-likeness (QED) is 0.733. The monoisotopic (exact) mass is 209 g/mol. The highest BCUT2D eigenvalue weighted by Gasteiger charge is 2.17. The second-order valence-electron chi connectivity index (χ2n) is 4.68. The summed E-state index contributed by atoms with van der Waals surface area (Å²) in [6.45, 7) is 4.43. The Balaban J connectivity index is 1.95. The molecular weight excluding hydrogens is 190 g/mol. The molecule has 1 aliphatic carbocycles. The van der Waals surface area contributed by atoms with Crippen LogP contribution in [0.1, 0.15) is 56.2 Å². The Bertz CT molecular complexity index is 284. The Morgan fingerprint density at radius 1 is 1.43 bits per heavy atom. The molecule has 2 rings (SSSR count). The first-order chi connectivity index (χ1) is 6.75. The van der Waals surface area contributed by atoms with Gasteiger partial charge in [-0.25, -0.2) is 4.98 Å². The lowest BCUT2D eigenvalue weighted by atomic mass is 10.1. The lowest BCUT2D eigenvalue weighted by molar-refractivity contribution is 0.544. The van der Waals surface area contributed by atoms with Gasteiger partial charge in [-0.3, -0.25) is 0 Å². The number of rotatable bonds is 3. The molecule has 0 saturated heterocycles. The molecule has 0 aromatic carbocycles. The van der Waals surface area contributed by atoms with Gasteiger partial charge in [0.2, 0.25) is 0 Å². The van der Waals surface area contributed by atoms with Crippen molar-refractivity contribution in [3.05, 3.63) is 16.1 Å². The molecular formula is C12H19NS. The average molecular weight is 209 g/mol. The molecule has 0 bridgehead atoms. The number of thiazole rings is 1. The van der Waals surface area contributed by atoms with Gasteiger partial charge >= 0.3 is 0 Å². The third-order valence-corrected chi connectivity index (χ3v) is 3.99. The number of hydrogen-bond acceptors (Lipinski definition) is 2. The van der Waals surface area contributed by atoms with Crippen molar-refractivity contribution in [2.75, 3.05) is 0 Å². The second kappa shape index (κ2) is 4.43. The minimum atomic E-state index is 0.587. The van der Waals surface area contributed by atoms with Gasteiger partial charge in [-0.1, -0.05) is 39.5 Å². The van der Waals surface area contributed by atoms with Crippen molar-refractivity contribution in [2.45, 2.75) is 51.9 Å². The van der Waals surface area contributed by atoms with Gasteiger partial charge in [0.1, 0.15) is 0 Å². The van der Waals surface area contributed by atoms with E-state index in [1.54, 1.807) is 0 Å². The van der Waals surface area contributed by atoms with Crippen molar-refractivity contribution >= 4 is 11.3 Å². The van der Waals surface area contributed by atoms with Crippen LogP contribution in [0.2, 0.25) is 0 Å². The number of hydrogen-bond donors (Lipinski definition) is 0. The largest absolute Gasteiger partial charge is 0.246 e. The molecule has 1 nitrogen and oxygen atoms in total. The number of nitrogens with zero attached hydrogens (tertiary/aromatic N) is 1. The van der Waals surface area contributed by atoms with Crippen molar-refractivity contribution in [1.29, 1.82) is 0 Å². The standard InChI is InChI=1S/C12H19NS/c1-9(2)11-8-14-12(13-11)7-10-5-3-4-6-10/h8-10H,3-7H2,1-2H3. The van der Waals surface area contributed by atoms with Crippen molar-refractivity contribution in [3.8, 4) is 0 Å². The molecule has 0 N–H and O–H groups in total. The van der Waals surface area contributed by atoms with Crippen LogP contribution in [0.4, 0.5) is 0 Å². The minimum Gasteiger partial charge on any atom is -0.246 e. The van der Waals surface area contributed by atoms with Gasteiger partial charge in [0, 0.05) is 11.8 Å². The Labute approximate surface area is 90.6 Å². The summed E-state index contributed by atoms with van der Waals surface area (Å²) in [6.07, 6.45) is 6.96. The summed E-state index contributed by atoms with van der Waals surface area (Å²) in [5, 5.41) is 3.59. The molecule has 14 heavy (non-hydrogen) atoms. The summed E-state index contributed by atoms with van der Waals surface area (Å²) in [7, 11) is 0. The summed E-state index contributed by atoms with van der Waals surface area (Å²) in [4.78, 5) is 4.69. The maximum Gasteiger partial charge on any atom is 0.0931 e. The van der Waals surface area contributed by atoms with E-state index in [0.29, 0.717) is 5.92 Å². The van der Waals surface area contributed by atoms with Crippen LogP contribution in [0.25, 0.3) is 0 Å². The summed E-state index contributed by atoms with van der Waals surface area (Å²) >= 11 is 1.85. The molecule has 0 amide bonds. The predicted molar refractivity (Wildman–Crippen MR) is 61.9 cm³/mol. The fourth-order valence-electron chi connectivity index (χ4n) is 2.15. The number of aromatic nitrogens is 1. The van der Waals surface area contributed by atoms with Crippen LogP contribution in [-0.2, 0) is 6.42 Å². The Hall–Kier alpha value is -0.370. The van der Waals surface area contributed by atoms with E-state index in [1.165, 1.54) is 42.8 Å². The van der Waals surface area contributed by atoms with Gasteiger partial charge in [-0.05, 0) is 11.8 Å². The summed E-state index contributed by atoms with van der Waals surface area (Å²) in [5.41, 5.74) is 1.28. The van der Waals surface area contributed by atoms with Crippen LogP contribution >= 0.6 is 11.3 Å². The van der Waals surface area contributed by atoms with Gasteiger partial charge in [0.15, 0.2) is 0 Å². The molecule has 2 heteroatoms. The van der Waals surface area contributed by atoms with E-state index in [2.05, 4.69) is 19.2 Å². The normalized spacial score (nSPS) is 18.2. The van der Waals surface area contributed by atoms with E-state index < -0.39 is 0 Å². The fourth-order valence-corrected chi connectivity index (χ4v) is 3.22. The predicted octanol–water partition coefficient (Wildman–Crippen LogP) is 4.00. The first kappa shape index (κ1) is 10.2. The summed E-state index contributed by atoms with van der Waals surface area (Å²) in [6, 6.07) is 0. The Morgan fingerprint density at radius 3 is 2.71 bits per heavy atom. The molecule has 1 aliphatic rings. The van der Waals surface area contributed by atoms with E-state index in [0.717, 1.165) is 5.92 Å². The highest BCUT2D eigenvalue weighted by Crippen LogP contribution is 2.29. The highest BCUT2D eigenvalue weighted by atomic mass is 32.1. The van der Waals surface area contributed by atoms with Crippen LogP contribution in [-0.4, -0.2) is 4.98 Å². The first-order valence-electron chi connectivity index (χ1n) is 5.70. The first-order valence-corrected chi connectivity index (χ1v) is 6.58. The molecule has 1 aromatic rings. The van der Waals surface area contributed by atoms with Gasteiger partial charge in [-0.2, -0.15) is 0 Å². The highest BCUT2D eigenvalue weighted by molar-refractivity contribution is 7.09. The third kappa shape index (κ3) is 2.35. The van der Waals surface area contributed by atoms with E-state index >= 15 is 0 Å². The van der Waals surface area contributed by atoms with Crippen molar-refractivity contribution < 1.29 is 0 Å². The maximum absolute atomic E-state index is 4.69. The summed E-state index contributed by atoms with van der Waals surface area (Å²) in [5.74, 6) is 1.52. The van der Waals surface area contributed by atoms with Crippen LogP contribution in [0, 0.1) is 5.92 Å². The van der Waals surface area contributed by atoms with Crippen LogP contribution in [0.3, 0.4) is 0 Å². The smallest absolute Gasteiger partial charge is 0.0931 e. The molecule has 0 aliphatic heterocycles. The Kier molecular flexibility index (Phi) is 3.22. The van der Waals surface area contributed by atoms with Gasteiger partial charge in [0.05, 0.1) is 10.7 Å². The molecule has 1 saturated carbocycles. The molecule has 78 valence electrons. The molecule has 1 aromatic heterocycles. The SMILES string of the molecule is CC(C)c1csc(CC2CCCC2)n1. The summed E-state index contributed by atoms with van der Waals surface area (Å²) < 4.78 is 0. The van der Waals surface area contributed by atoms with E-state index in [9.17, 15) is 0 Å². The van der Waals surface area contributed by atoms with E-state index in [4.69, 9.17) is 4.98 Å². The lowest BCUT2D eigenvalue weighted by Crippen LogP contribution is -1.98. The topological polar surface area (TPSA) is 12.9 Å². The van der Waals surface area contributed by atoms with Crippen LogP contribution in [0.15, 0.2) is 5.38 Å².